The highest BCUT2D eigenvalue weighted by Crippen LogP contribution is 2.04. The van der Waals surface area contributed by atoms with Crippen LogP contribution in [0.3, 0.4) is 0 Å². The number of hydrogen-bond donors (Lipinski definition) is 3. The summed E-state index contributed by atoms with van der Waals surface area (Å²) in [6.45, 7) is 0.727. The number of nitrogens with zero attached hydrogens (tertiary/aromatic N) is 2. The maximum atomic E-state index is 11.7. The fourth-order valence-corrected chi connectivity index (χ4v) is 1.27. The molecule has 0 radical (unpaired) electrons. The van der Waals surface area contributed by atoms with Crippen molar-refractivity contribution in [1.82, 2.24) is 20.5 Å². The van der Waals surface area contributed by atoms with E-state index in [0.717, 1.165) is 5.69 Å². The van der Waals surface area contributed by atoms with Crippen LogP contribution in [0.1, 0.15) is 10.5 Å². The summed E-state index contributed by atoms with van der Waals surface area (Å²) in [5, 5.41) is 8.25. The third-order valence-electron chi connectivity index (χ3n) is 2.38. The van der Waals surface area contributed by atoms with Gasteiger partial charge < -0.3 is 20.9 Å². The molecule has 1 rings (SSSR count). The number of pyridine rings is 1. The van der Waals surface area contributed by atoms with Gasteiger partial charge in [-0.05, 0) is 12.1 Å². The maximum Gasteiger partial charge on any atom is 0.316 e. The van der Waals surface area contributed by atoms with E-state index in [4.69, 9.17) is 0 Å². The number of carbonyl (C=O) groups is 2. The number of urea groups is 1. The van der Waals surface area contributed by atoms with E-state index in [1.807, 2.05) is 0 Å². The predicted molar refractivity (Wildman–Crippen MR) is 73.2 cm³/mol. The summed E-state index contributed by atoms with van der Waals surface area (Å²) in [5.41, 5.74) is 1.19. The summed E-state index contributed by atoms with van der Waals surface area (Å²) in [6.07, 6.45) is 1.59. The van der Waals surface area contributed by atoms with Crippen LogP contribution in [0.4, 0.5) is 10.5 Å². The molecule has 0 aliphatic carbocycles. The lowest BCUT2D eigenvalue weighted by molar-refractivity contribution is 0.0948. The largest absolute Gasteiger partial charge is 0.387 e. The van der Waals surface area contributed by atoms with Gasteiger partial charge in [-0.15, -0.1) is 0 Å². The standard InChI is InChI=1S/C12H19N5O2/c1-13-9-4-5-10(16-8-9)11(18)14-6-7-15-12(19)17(2)3/h4-5,8,13H,6-7H2,1-3H3,(H,14,18)(H,15,19). The molecule has 7 heteroatoms. The molecule has 0 bridgehead atoms. The molecule has 0 atom stereocenters. The van der Waals surface area contributed by atoms with Crippen LogP contribution < -0.4 is 16.0 Å². The first-order valence-corrected chi connectivity index (χ1v) is 5.91. The fourth-order valence-electron chi connectivity index (χ4n) is 1.27. The van der Waals surface area contributed by atoms with Gasteiger partial charge in [0.1, 0.15) is 5.69 Å². The monoisotopic (exact) mass is 265 g/mol. The Morgan fingerprint density at radius 3 is 2.42 bits per heavy atom. The van der Waals surface area contributed by atoms with Crippen molar-refractivity contribution in [3.05, 3.63) is 24.0 Å². The molecule has 0 aromatic carbocycles. The molecular formula is C12H19N5O2. The molecule has 3 amide bonds. The van der Waals surface area contributed by atoms with Gasteiger partial charge in [-0.25, -0.2) is 9.78 Å². The molecular weight excluding hydrogens is 246 g/mol. The van der Waals surface area contributed by atoms with Gasteiger partial charge in [0.2, 0.25) is 0 Å². The van der Waals surface area contributed by atoms with Gasteiger partial charge in [-0.1, -0.05) is 0 Å². The number of nitrogens with one attached hydrogen (secondary N) is 3. The molecule has 0 fully saturated rings. The lowest BCUT2D eigenvalue weighted by Gasteiger charge is -2.12. The molecule has 1 aromatic heterocycles. The van der Waals surface area contributed by atoms with E-state index >= 15 is 0 Å². The summed E-state index contributed by atoms with van der Waals surface area (Å²) in [6, 6.07) is 3.22. The van der Waals surface area contributed by atoms with Crippen molar-refractivity contribution in [2.24, 2.45) is 0 Å². The van der Waals surface area contributed by atoms with Crippen molar-refractivity contribution in [2.75, 3.05) is 39.5 Å². The molecule has 0 unspecified atom stereocenters. The SMILES string of the molecule is CNc1ccc(C(=O)NCCNC(=O)N(C)C)nc1. The normalized spacial score (nSPS) is 9.63. The second-order valence-electron chi connectivity index (χ2n) is 4.06. The highest BCUT2D eigenvalue weighted by molar-refractivity contribution is 5.92. The highest BCUT2D eigenvalue weighted by atomic mass is 16.2. The van der Waals surface area contributed by atoms with E-state index in [1.54, 1.807) is 39.5 Å². The highest BCUT2D eigenvalue weighted by Gasteiger charge is 2.06. The van der Waals surface area contributed by atoms with Gasteiger partial charge in [0.15, 0.2) is 0 Å². The summed E-state index contributed by atoms with van der Waals surface area (Å²) >= 11 is 0. The van der Waals surface area contributed by atoms with Gasteiger partial charge in [-0.2, -0.15) is 0 Å². The number of anilines is 1. The Morgan fingerprint density at radius 1 is 1.21 bits per heavy atom. The van der Waals surface area contributed by atoms with Crippen LogP contribution in [-0.4, -0.2) is 56.1 Å². The molecule has 0 aliphatic heterocycles. The topological polar surface area (TPSA) is 86.4 Å². The van der Waals surface area contributed by atoms with Crippen molar-refractivity contribution in [2.45, 2.75) is 0 Å². The number of hydrogen-bond acceptors (Lipinski definition) is 4. The molecule has 0 aliphatic rings. The first-order valence-electron chi connectivity index (χ1n) is 5.91. The smallest absolute Gasteiger partial charge is 0.316 e. The van der Waals surface area contributed by atoms with Crippen LogP contribution in [0.15, 0.2) is 18.3 Å². The average Bonchev–Trinajstić information content (AvgIpc) is 2.43. The first-order chi connectivity index (χ1) is 9.04. The van der Waals surface area contributed by atoms with Crippen molar-refractivity contribution in [1.29, 1.82) is 0 Å². The Morgan fingerprint density at radius 2 is 1.89 bits per heavy atom. The number of carbonyl (C=O) groups excluding carboxylic acids is 2. The van der Waals surface area contributed by atoms with Crippen molar-refractivity contribution in [3.63, 3.8) is 0 Å². The van der Waals surface area contributed by atoms with E-state index in [-0.39, 0.29) is 11.9 Å². The second kappa shape index (κ2) is 7.20. The average molecular weight is 265 g/mol. The van der Waals surface area contributed by atoms with E-state index in [9.17, 15) is 9.59 Å². The molecule has 0 spiro atoms. The summed E-state index contributed by atoms with van der Waals surface area (Å²) in [5.74, 6) is -0.262. The Balaban J connectivity index is 2.33. The summed E-state index contributed by atoms with van der Waals surface area (Å²) in [7, 11) is 5.09. The Hall–Kier alpha value is -2.31. The Bertz CT molecular complexity index is 430. The zero-order valence-corrected chi connectivity index (χ0v) is 11.4. The minimum Gasteiger partial charge on any atom is -0.387 e. The van der Waals surface area contributed by atoms with Gasteiger partial charge in [0, 0.05) is 34.2 Å². The lowest BCUT2D eigenvalue weighted by Crippen LogP contribution is -2.39. The van der Waals surface area contributed by atoms with Crippen molar-refractivity contribution in [3.8, 4) is 0 Å². The quantitative estimate of drug-likeness (QED) is 0.660. The van der Waals surface area contributed by atoms with Gasteiger partial charge >= 0.3 is 6.03 Å². The molecule has 1 aromatic rings. The second-order valence-corrected chi connectivity index (χ2v) is 4.06. The Labute approximate surface area is 112 Å². The van der Waals surface area contributed by atoms with Crippen LogP contribution in [0.2, 0.25) is 0 Å². The third kappa shape index (κ3) is 4.82. The third-order valence-corrected chi connectivity index (χ3v) is 2.38. The number of rotatable bonds is 5. The van der Waals surface area contributed by atoms with Gasteiger partial charge in [0.05, 0.1) is 11.9 Å². The van der Waals surface area contributed by atoms with Crippen LogP contribution in [0.5, 0.6) is 0 Å². The van der Waals surface area contributed by atoms with E-state index in [2.05, 4.69) is 20.9 Å². The van der Waals surface area contributed by atoms with Crippen LogP contribution in [0.25, 0.3) is 0 Å². The predicted octanol–water partition coefficient (Wildman–Crippen LogP) is 0.124. The van der Waals surface area contributed by atoms with Gasteiger partial charge in [0.25, 0.3) is 5.91 Å². The molecule has 3 N–H and O–H groups in total. The molecule has 1 heterocycles. The van der Waals surface area contributed by atoms with Crippen LogP contribution >= 0.6 is 0 Å². The van der Waals surface area contributed by atoms with Crippen molar-refractivity contribution < 1.29 is 9.59 Å². The zero-order valence-electron chi connectivity index (χ0n) is 11.4. The number of amides is 3. The maximum absolute atomic E-state index is 11.7. The minimum absolute atomic E-state index is 0.189. The molecule has 0 saturated carbocycles. The van der Waals surface area contributed by atoms with E-state index in [1.165, 1.54) is 4.90 Å². The van der Waals surface area contributed by atoms with E-state index in [0.29, 0.717) is 18.8 Å². The van der Waals surface area contributed by atoms with Crippen molar-refractivity contribution >= 4 is 17.6 Å². The summed E-state index contributed by atoms with van der Waals surface area (Å²) < 4.78 is 0. The molecule has 0 saturated heterocycles. The lowest BCUT2D eigenvalue weighted by atomic mass is 10.3. The summed E-state index contributed by atoms with van der Waals surface area (Å²) in [4.78, 5) is 28.4. The minimum atomic E-state index is -0.262. The first kappa shape index (κ1) is 14.7. The molecule has 104 valence electrons. The molecule has 7 nitrogen and oxygen atoms in total. The molecule has 19 heavy (non-hydrogen) atoms. The fraction of sp³-hybridized carbons (Fsp3) is 0.417. The van der Waals surface area contributed by atoms with Crippen LogP contribution in [0, 0.1) is 0 Å². The number of aromatic nitrogens is 1. The van der Waals surface area contributed by atoms with Crippen LogP contribution in [-0.2, 0) is 0 Å². The van der Waals surface area contributed by atoms with Gasteiger partial charge in [-0.3, -0.25) is 4.79 Å². The van der Waals surface area contributed by atoms with E-state index < -0.39 is 0 Å². The Kier molecular flexibility index (Phi) is 5.59. The zero-order chi connectivity index (χ0) is 14.3.